The zero-order chi connectivity index (χ0) is 30.6. The molecule has 3 heteroatoms. The lowest BCUT2D eigenvalue weighted by Gasteiger charge is -2.35. The molecule has 0 atom stereocenters. The van der Waals surface area contributed by atoms with E-state index < -0.39 is 0 Å². The third-order valence-corrected chi connectivity index (χ3v) is 9.37. The molecule has 7 aromatic rings. The molecule has 0 fully saturated rings. The van der Waals surface area contributed by atoms with Crippen LogP contribution in [-0.4, -0.2) is 6.71 Å². The van der Waals surface area contributed by atoms with Gasteiger partial charge in [-0.05, 0) is 75.0 Å². The third kappa shape index (κ3) is 4.28. The summed E-state index contributed by atoms with van der Waals surface area (Å²) in [6.07, 6.45) is 0. The van der Waals surface area contributed by atoms with Crippen LogP contribution >= 0.6 is 0 Å². The lowest BCUT2D eigenvalue weighted by molar-refractivity contribution is 0.467. The van der Waals surface area contributed by atoms with E-state index >= 15 is 0 Å². The molecule has 216 valence electrons. The van der Waals surface area contributed by atoms with Crippen molar-refractivity contribution in [2.75, 3.05) is 0 Å². The highest BCUT2D eigenvalue weighted by Gasteiger charge is 2.42. The predicted octanol–water partition coefficient (Wildman–Crippen LogP) is 9.39. The van der Waals surface area contributed by atoms with Gasteiger partial charge in [-0.25, -0.2) is 0 Å². The molecule has 0 amide bonds. The minimum absolute atomic E-state index is 0.00752. The van der Waals surface area contributed by atoms with Gasteiger partial charge in [0.25, 0.3) is 6.71 Å². The van der Waals surface area contributed by atoms with E-state index in [1.54, 1.807) is 0 Å². The Morgan fingerprint density at radius 1 is 0.391 bits per heavy atom. The van der Waals surface area contributed by atoms with E-state index in [0.717, 1.165) is 61.6 Å². The topological polar surface area (TPSA) is 18.5 Å². The van der Waals surface area contributed by atoms with E-state index in [1.807, 2.05) is 0 Å². The van der Waals surface area contributed by atoms with Crippen LogP contribution in [0.25, 0.3) is 44.5 Å². The molecule has 0 spiro atoms. The highest BCUT2D eigenvalue weighted by molar-refractivity contribution is 6.98. The highest BCUT2D eigenvalue weighted by atomic mass is 16.5. The monoisotopic (exact) mass is 588 g/mol. The summed E-state index contributed by atoms with van der Waals surface area (Å²) in [4.78, 5) is 0. The molecule has 0 saturated carbocycles. The van der Waals surface area contributed by atoms with Gasteiger partial charge in [-0.15, -0.1) is 0 Å². The summed E-state index contributed by atoms with van der Waals surface area (Å²) in [5.74, 6) is 3.51. The van der Waals surface area contributed by atoms with Crippen LogP contribution < -0.4 is 25.9 Å². The van der Waals surface area contributed by atoms with Crippen molar-refractivity contribution in [1.82, 2.24) is 0 Å². The van der Waals surface area contributed by atoms with Crippen molar-refractivity contribution in [3.63, 3.8) is 0 Å². The lowest BCUT2D eigenvalue weighted by atomic mass is 9.34. The molecule has 0 unspecified atom stereocenters. The zero-order valence-electron chi connectivity index (χ0n) is 25.4. The molecule has 2 heterocycles. The first-order valence-electron chi connectivity index (χ1n) is 15.8. The van der Waals surface area contributed by atoms with Gasteiger partial charge >= 0.3 is 0 Å². The van der Waals surface area contributed by atoms with Gasteiger partial charge < -0.3 is 9.47 Å². The maximum atomic E-state index is 6.87. The Morgan fingerprint density at radius 2 is 0.848 bits per heavy atom. The molecule has 2 aliphatic heterocycles. The van der Waals surface area contributed by atoms with E-state index in [9.17, 15) is 0 Å². The van der Waals surface area contributed by atoms with E-state index in [0.29, 0.717) is 0 Å². The molecule has 2 aliphatic rings. The Bertz CT molecular complexity index is 2250. The fourth-order valence-electron chi connectivity index (χ4n) is 7.15. The standard InChI is InChI=1S/C43H29BO2/c1-28-26-33(24-25-34(28)31-14-6-3-7-15-31)36-27-35(32-22-20-30(21-23-32)29-12-4-2-5-13-29)42-41-43(36)46-40-19-11-9-17-38(40)44(41)37-16-8-10-18-39(37)45-42/h2-27H,1H3. The van der Waals surface area contributed by atoms with Gasteiger partial charge in [0, 0.05) is 16.6 Å². The van der Waals surface area contributed by atoms with Crippen molar-refractivity contribution >= 4 is 23.1 Å². The largest absolute Gasteiger partial charge is 0.458 e. The Kier molecular flexibility index (Phi) is 6.17. The average Bonchev–Trinajstić information content (AvgIpc) is 3.12. The van der Waals surface area contributed by atoms with Crippen LogP contribution in [0.5, 0.6) is 23.0 Å². The average molecular weight is 589 g/mol. The molecule has 0 saturated heterocycles. The van der Waals surface area contributed by atoms with Crippen molar-refractivity contribution in [3.8, 4) is 67.5 Å². The molecule has 0 aromatic heterocycles. The number of hydrogen-bond donors (Lipinski definition) is 0. The van der Waals surface area contributed by atoms with Crippen molar-refractivity contribution in [1.29, 1.82) is 0 Å². The summed E-state index contributed by atoms with van der Waals surface area (Å²) in [5.41, 5.74) is 13.8. The Labute approximate surface area is 269 Å². The molecule has 0 N–H and O–H groups in total. The maximum absolute atomic E-state index is 6.87. The van der Waals surface area contributed by atoms with Crippen LogP contribution in [0.1, 0.15) is 5.56 Å². The van der Waals surface area contributed by atoms with E-state index in [4.69, 9.17) is 9.47 Å². The summed E-state index contributed by atoms with van der Waals surface area (Å²) >= 11 is 0. The second kappa shape index (κ2) is 10.7. The van der Waals surface area contributed by atoms with E-state index in [-0.39, 0.29) is 6.71 Å². The van der Waals surface area contributed by atoms with Crippen molar-refractivity contribution in [2.24, 2.45) is 0 Å². The maximum Gasteiger partial charge on any atom is 0.260 e. The normalized spacial score (nSPS) is 12.3. The Balaban J connectivity index is 1.29. The van der Waals surface area contributed by atoms with Crippen LogP contribution in [-0.2, 0) is 0 Å². The molecular weight excluding hydrogens is 559 g/mol. The Hall–Kier alpha value is -5.80. The van der Waals surface area contributed by atoms with Gasteiger partial charge in [0.2, 0.25) is 0 Å². The summed E-state index contributed by atoms with van der Waals surface area (Å²) in [7, 11) is 0. The number of para-hydroxylation sites is 2. The molecular formula is C43H29BO2. The molecule has 46 heavy (non-hydrogen) atoms. The summed E-state index contributed by atoms with van der Waals surface area (Å²) < 4.78 is 13.7. The van der Waals surface area contributed by atoms with Crippen LogP contribution in [0.4, 0.5) is 0 Å². The molecule has 0 bridgehead atoms. The zero-order valence-corrected chi connectivity index (χ0v) is 25.4. The van der Waals surface area contributed by atoms with Crippen molar-refractivity contribution in [3.05, 3.63) is 163 Å². The smallest absolute Gasteiger partial charge is 0.260 e. The van der Waals surface area contributed by atoms with Crippen molar-refractivity contribution < 1.29 is 9.47 Å². The quantitative estimate of drug-likeness (QED) is 0.191. The van der Waals surface area contributed by atoms with Crippen LogP contribution in [0, 0.1) is 6.92 Å². The van der Waals surface area contributed by atoms with E-state index in [1.165, 1.54) is 27.8 Å². The fourth-order valence-corrected chi connectivity index (χ4v) is 7.15. The summed E-state index contributed by atoms with van der Waals surface area (Å²) in [5, 5.41) is 0. The summed E-state index contributed by atoms with van der Waals surface area (Å²) in [6.45, 7) is 2.18. The number of rotatable bonds is 4. The van der Waals surface area contributed by atoms with Gasteiger partial charge in [0.15, 0.2) is 0 Å². The number of ether oxygens (including phenoxy) is 2. The lowest BCUT2D eigenvalue weighted by Crippen LogP contribution is -2.57. The Morgan fingerprint density at radius 3 is 1.46 bits per heavy atom. The van der Waals surface area contributed by atoms with Crippen LogP contribution in [0.3, 0.4) is 0 Å². The second-order valence-corrected chi connectivity index (χ2v) is 12.1. The molecule has 9 rings (SSSR count). The SMILES string of the molecule is Cc1cc(-c2cc(-c3ccc(-c4ccccc4)cc3)c3c4c2Oc2ccccc2B4c2ccccc2O3)ccc1-c1ccccc1. The van der Waals surface area contributed by atoms with Gasteiger partial charge in [0.1, 0.15) is 23.0 Å². The minimum Gasteiger partial charge on any atom is -0.458 e. The number of fused-ring (bicyclic) bond motifs is 4. The molecule has 2 nitrogen and oxygen atoms in total. The molecule has 0 aliphatic carbocycles. The summed E-state index contributed by atoms with van der Waals surface area (Å²) in [6, 6.07) is 55.8. The fraction of sp³-hybridized carbons (Fsp3) is 0.0233. The number of benzene rings is 7. The highest BCUT2D eigenvalue weighted by Crippen LogP contribution is 2.46. The van der Waals surface area contributed by atoms with Crippen LogP contribution in [0.15, 0.2) is 158 Å². The first-order valence-corrected chi connectivity index (χ1v) is 15.8. The first kappa shape index (κ1) is 26.6. The molecule has 7 aromatic carbocycles. The van der Waals surface area contributed by atoms with Gasteiger partial charge in [-0.1, -0.05) is 140 Å². The third-order valence-electron chi connectivity index (χ3n) is 9.37. The van der Waals surface area contributed by atoms with E-state index in [2.05, 4.69) is 165 Å². The minimum atomic E-state index is -0.00752. The predicted molar refractivity (Wildman–Crippen MR) is 191 cm³/mol. The number of hydrogen-bond acceptors (Lipinski definition) is 2. The van der Waals surface area contributed by atoms with Crippen LogP contribution in [0.2, 0.25) is 0 Å². The first-order chi connectivity index (χ1) is 22.7. The van der Waals surface area contributed by atoms with Crippen molar-refractivity contribution in [2.45, 2.75) is 6.92 Å². The van der Waals surface area contributed by atoms with Gasteiger partial charge in [-0.2, -0.15) is 0 Å². The molecule has 0 radical (unpaired) electrons. The number of aryl methyl sites for hydroxylation is 1. The van der Waals surface area contributed by atoms with Gasteiger partial charge in [-0.3, -0.25) is 0 Å². The van der Waals surface area contributed by atoms with Gasteiger partial charge in [0.05, 0.1) is 0 Å². The second-order valence-electron chi connectivity index (χ2n) is 12.1.